The van der Waals surface area contributed by atoms with Crippen LogP contribution in [0.5, 0.6) is 0 Å². The van der Waals surface area contributed by atoms with E-state index < -0.39 is 0 Å². The molecule has 1 saturated carbocycles. The van der Waals surface area contributed by atoms with Crippen LogP contribution in [0.25, 0.3) is 0 Å². The summed E-state index contributed by atoms with van der Waals surface area (Å²) in [5.74, 6) is -0.204. The van der Waals surface area contributed by atoms with E-state index in [2.05, 4.69) is 30.9 Å². The summed E-state index contributed by atoms with van der Waals surface area (Å²) in [6.45, 7) is 2.98. The number of nitrogens with one attached hydrogen (secondary N) is 1. The Morgan fingerprint density at radius 3 is 2.94 bits per heavy atom. The molecule has 1 N–H and O–H groups in total. The fourth-order valence-electron chi connectivity index (χ4n) is 2.21. The third-order valence-electron chi connectivity index (χ3n) is 3.33. The van der Waals surface area contributed by atoms with Crippen LogP contribution in [0.15, 0.2) is 0 Å². The van der Waals surface area contributed by atoms with Crippen molar-refractivity contribution in [2.45, 2.75) is 36.2 Å². The van der Waals surface area contributed by atoms with Gasteiger partial charge in [-0.1, -0.05) is 15.9 Å². The Morgan fingerprint density at radius 2 is 2.31 bits per heavy atom. The smallest absolute Gasteiger partial charge is 0.320 e. The Bertz CT molecular complexity index is 258. The van der Waals surface area contributed by atoms with Crippen molar-refractivity contribution < 1.29 is 9.53 Å². The van der Waals surface area contributed by atoms with E-state index in [0.717, 1.165) is 12.6 Å². The van der Waals surface area contributed by atoms with E-state index in [1.165, 1.54) is 32.9 Å². The molecular weight excluding hydrogens is 272 g/mol. The Balaban J connectivity index is 1.65. The molecule has 0 aromatic carbocycles. The van der Waals surface area contributed by atoms with E-state index in [4.69, 9.17) is 0 Å². The van der Waals surface area contributed by atoms with Crippen molar-refractivity contribution in [1.82, 2.24) is 10.2 Å². The van der Waals surface area contributed by atoms with Crippen LogP contribution in [-0.2, 0) is 9.53 Å². The minimum Gasteiger partial charge on any atom is -0.468 e. The van der Waals surface area contributed by atoms with Crippen LogP contribution in [0.2, 0.25) is 0 Å². The van der Waals surface area contributed by atoms with Crippen LogP contribution in [0.3, 0.4) is 0 Å². The monoisotopic (exact) mass is 290 g/mol. The number of esters is 1. The number of ether oxygens (including phenoxy) is 1. The van der Waals surface area contributed by atoms with Crippen molar-refractivity contribution >= 4 is 21.9 Å². The highest BCUT2D eigenvalue weighted by Crippen LogP contribution is 2.29. The molecule has 0 aromatic heterocycles. The molecule has 0 bridgehead atoms. The maximum Gasteiger partial charge on any atom is 0.320 e. The Hall–Kier alpha value is -0.130. The van der Waals surface area contributed by atoms with Crippen LogP contribution < -0.4 is 5.32 Å². The third-order valence-corrected chi connectivity index (χ3v) is 4.02. The first-order chi connectivity index (χ1) is 7.70. The van der Waals surface area contributed by atoms with Crippen molar-refractivity contribution in [3.63, 3.8) is 0 Å². The predicted molar refractivity (Wildman–Crippen MR) is 65.7 cm³/mol. The topological polar surface area (TPSA) is 41.6 Å². The quantitative estimate of drug-likeness (QED) is 0.599. The number of alkyl halides is 1. The zero-order valence-electron chi connectivity index (χ0n) is 9.62. The SMILES string of the molecule is COC(=O)C(Br)CNC1CCN(C2CC2)C1. The molecule has 0 aromatic rings. The molecule has 1 aliphatic heterocycles. The number of rotatable bonds is 5. The van der Waals surface area contributed by atoms with Gasteiger partial charge in [-0.2, -0.15) is 0 Å². The Kier molecular flexibility index (Phi) is 4.21. The molecule has 1 saturated heterocycles. The summed E-state index contributed by atoms with van der Waals surface area (Å²) in [6, 6.07) is 1.39. The molecule has 5 heteroatoms. The first kappa shape index (κ1) is 12.3. The highest BCUT2D eigenvalue weighted by atomic mass is 79.9. The fraction of sp³-hybridized carbons (Fsp3) is 0.909. The van der Waals surface area contributed by atoms with Gasteiger partial charge in [-0.3, -0.25) is 9.69 Å². The van der Waals surface area contributed by atoms with Crippen molar-refractivity contribution in [2.75, 3.05) is 26.7 Å². The molecule has 4 nitrogen and oxygen atoms in total. The summed E-state index contributed by atoms with van der Waals surface area (Å²) in [7, 11) is 1.42. The number of halogens is 1. The molecule has 0 amide bonds. The van der Waals surface area contributed by atoms with Crippen molar-refractivity contribution in [2.24, 2.45) is 0 Å². The van der Waals surface area contributed by atoms with Crippen molar-refractivity contribution in [3.05, 3.63) is 0 Å². The van der Waals surface area contributed by atoms with Crippen LogP contribution in [0, 0.1) is 0 Å². The largest absolute Gasteiger partial charge is 0.468 e. The molecule has 2 fully saturated rings. The molecule has 1 heterocycles. The molecule has 92 valence electrons. The lowest BCUT2D eigenvalue weighted by Gasteiger charge is -2.16. The van der Waals surface area contributed by atoms with E-state index >= 15 is 0 Å². The standard InChI is InChI=1S/C11H19BrN2O2/c1-16-11(15)10(12)6-13-8-4-5-14(7-8)9-2-3-9/h8-10,13H,2-7H2,1H3. The summed E-state index contributed by atoms with van der Waals surface area (Å²) < 4.78 is 4.66. The second-order valence-electron chi connectivity index (χ2n) is 4.61. The van der Waals surface area contributed by atoms with Gasteiger partial charge in [0.2, 0.25) is 0 Å². The van der Waals surface area contributed by atoms with Gasteiger partial charge in [0.25, 0.3) is 0 Å². The maximum absolute atomic E-state index is 11.2. The third kappa shape index (κ3) is 3.18. The number of carbonyl (C=O) groups is 1. The first-order valence-electron chi connectivity index (χ1n) is 5.90. The second kappa shape index (κ2) is 5.47. The van der Waals surface area contributed by atoms with Crippen LogP contribution in [-0.4, -0.2) is 54.5 Å². The van der Waals surface area contributed by atoms with Gasteiger partial charge in [0, 0.05) is 31.7 Å². The Morgan fingerprint density at radius 1 is 1.56 bits per heavy atom. The van der Waals surface area contributed by atoms with Gasteiger partial charge in [0.15, 0.2) is 0 Å². The van der Waals surface area contributed by atoms with Gasteiger partial charge in [-0.15, -0.1) is 0 Å². The number of carbonyl (C=O) groups excluding carboxylic acids is 1. The number of likely N-dealkylation sites (tertiary alicyclic amines) is 1. The van der Waals surface area contributed by atoms with Gasteiger partial charge < -0.3 is 10.1 Å². The van der Waals surface area contributed by atoms with Crippen LogP contribution in [0.1, 0.15) is 19.3 Å². The fourth-order valence-corrected chi connectivity index (χ4v) is 2.58. The summed E-state index contributed by atoms with van der Waals surface area (Å²) in [5.41, 5.74) is 0. The van der Waals surface area contributed by atoms with Gasteiger partial charge in [0.1, 0.15) is 4.83 Å². The summed E-state index contributed by atoms with van der Waals surface area (Å²) >= 11 is 3.32. The van der Waals surface area contributed by atoms with E-state index in [9.17, 15) is 4.79 Å². The van der Waals surface area contributed by atoms with Gasteiger partial charge in [-0.05, 0) is 19.3 Å². The second-order valence-corrected chi connectivity index (χ2v) is 5.72. The lowest BCUT2D eigenvalue weighted by Crippen LogP contribution is -2.38. The molecule has 0 spiro atoms. The number of hydrogen-bond acceptors (Lipinski definition) is 4. The summed E-state index contributed by atoms with van der Waals surface area (Å²) in [6.07, 6.45) is 3.93. The van der Waals surface area contributed by atoms with Gasteiger partial charge in [-0.25, -0.2) is 0 Å². The average Bonchev–Trinajstić information content (AvgIpc) is 3.05. The van der Waals surface area contributed by atoms with Crippen LogP contribution >= 0.6 is 15.9 Å². The van der Waals surface area contributed by atoms with Crippen molar-refractivity contribution in [3.8, 4) is 0 Å². The van der Waals surface area contributed by atoms with E-state index in [1.807, 2.05) is 0 Å². The molecule has 2 aliphatic rings. The van der Waals surface area contributed by atoms with Gasteiger partial charge in [0.05, 0.1) is 7.11 Å². The average molecular weight is 291 g/mol. The number of methoxy groups -OCH3 is 1. The lowest BCUT2D eigenvalue weighted by atomic mass is 10.2. The summed E-state index contributed by atoms with van der Waals surface area (Å²) in [5, 5.41) is 3.42. The minimum atomic E-state index is -0.229. The zero-order chi connectivity index (χ0) is 11.5. The number of hydrogen-bond donors (Lipinski definition) is 1. The molecule has 1 aliphatic carbocycles. The van der Waals surface area contributed by atoms with E-state index in [0.29, 0.717) is 12.6 Å². The van der Waals surface area contributed by atoms with Crippen molar-refractivity contribution in [1.29, 1.82) is 0 Å². The minimum absolute atomic E-state index is 0.204. The molecular formula is C11H19BrN2O2. The van der Waals surface area contributed by atoms with E-state index in [-0.39, 0.29) is 10.8 Å². The zero-order valence-corrected chi connectivity index (χ0v) is 11.2. The maximum atomic E-state index is 11.2. The molecule has 16 heavy (non-hydrogen) atoms. The normalized spacial score (nSPS) is 28.0. The highest BCUT2D eigenvalue weighted by Gasteiger charge is 2.34. The lowest BCUT2D eigenvalue weighted by molar-refractivity contribution is -0.139. The molecule has 2 unspecified atom stereocenters. The predicted octanol–water partition coefficient (Wildman–Crippen LogP) is 0.749. The molecule has 2 atom stereocenters. The molecule has 2 rings (SSSR count). The summed E-state index contributed by atoms with van der Waals surface area (Å²) in [4.78, 5) is 13.5. The van der Waals surface area contributed by atoms with Crippen LogP contribution in [0.4, 0.5) is 0 Å². The van der Waals surface area contributed by atoms with Gasteiger partial charge >= 0.3 is 5.97 Å². The number of nitrogens with zero attached hydrogens (tertiary/aromatic N) is 1. The Labute approximate surface area is 105 Å². The van der Waals surface area contributed by atoms with E-state index in [1.54, 1.807) is 0 Å². The first-order valence-corrected chi connectivity index (χ1v) is 6.81. The highest BCUT2D eigenvalue weighted by molar-refractivity contribution is 9.10. The molecule has 0 radical (unpaired) electrons.